The van der Waals surface area contributed by atoms with E-state index in [4.69, 9.17) is 23.2 Å². The van der Waals surface area contributed by atoms with Gasteiger partial charge in [0.1, 0.15) is 5.82 Å². The largest absolute Gasteiger partial charge is 0.331 e. The number of amides is 2. The normalized spacial score (nSPS) is 10.8. The lowest BCUT2D eigenvalue weighted by Crippen LogP contribution is -2.29. The van der Waals surface area contributed by atoms with Crippen LogP contribution in [0.4, 0.5) is 14.9 Å². The summed E-state index contributed by atoms with van der Waals surface area (Å²) in [4.78, 5) is 12.4. The quantitative estimate of drug-likeness (QED) is 0.270. The Bertz CT molecular complexity index is 1330. The van der Waals surface area contributed by atoms with Crippen molar-refractivity contribution in [2.45, 2.75) is 24.4 Å². The molecule has 10 heteroatoms. The molecule has 34 heavy (non-hydrogen) atoms. The highest BCUT2D eigenvalue weighted by atomic mass is 35.5. The molecule has 0 fully saturated rings. The van der Waals surface area contributed by atoms with Gasteiger partial charge in [0.05, 0.1) is 17.3 Å². The first-order valence-corrected chi connectivity index (χ1v) is 12.0. The van der Waals surface area contributed by atoms with E-state index < -0.39 is 11.8 Å². The molecule has 0 spiro atoms. The van der Waals surface area contributed by atoms with Crippen LogP contribution in [0.5, 0.6) is 0 Å². The number of anilines is 1. The average molecular weight is 516 g/mol. The molecule has 2 N–H and O–H groups in total. The number of hydrogen-bond acceptors (Lipinski definition) is 4. The lowest BCUT2D eigenvalue weighted by atomic mass is 10.2. The molecular formula is C24H20Cl2FN5OS. The van der Waals surface area contributed by atoms with Crippen LogP contribution in [0.3, 0.4) is 0 Å². The van der Waals surface area contributed by atoms with Crippen molar-refractivity contribution >= 4 is 46.7 Å². The number of thioether (sulfide) groups is 1. The molecule has 0 saturated heterocycles. The lowest BCUT2D eigenvalue weighted by Gasteiger charge is -2.13. The predicted octanol–water partition coefficient (Wildman–Crippen LogP) is 6.64. The fourth-order valence-electron chi connectivity index (χ4n) is 3.26. The van der Waals surface area contributed by atoms with Crippen LogP contribution in [0.2, 0.25) is 10.0 Å². The van der Waals surface area contributed by atoms with Crippen molar-refractivity contribution in [1.29, 1.82) is 0 Å². The number of halogens is 3. The first-order chi connectivity index (χ1) is 16.4. The second kappa shape index (κ2) is 10.9. The van der Waals surface area contributed by atoms with Gasteiger partial charge < -0.3 is 10.6 Å². The highest BCUT2D eigenvalue weighted by molar-refractivity contribution is 7.98. The van der Waals surface area contributed by atoms with Crippen molar-refractivity contribution in [2.24, 2.45) is 0 Å². The van der Waals surface area contributed by atoms with E-state index in [2.05, 4.69) is 33.0 Å². The molecule has 0 unspecified atom stereocenters. The number of hydrogen-bond donors (Lipinski definition) is 2. The van der Waals surface area contributed by atoms with E-state index in [9.17, 15) is 9.18 Å². The molecule has 3 aromatic carbocycles. The summed E-state index contributed by atoms with van der Waals surface area (Å²) in [6, 6.07) is 18.5. The van der Waals surface area contributed by atoms with Gasteiger partial charge in [-0.15, -0.1) is 10.2 Å². The van der Waals surface area contributed by atoms with Crippen molar-refractivity contribution in [1.82, 2.24) is 20.1 Å². The van der Waals surface area contributed by atoms with Gasteiger partial charge >= 0.3 is 6.03 Å². The van der Waals surface area contributed by atoms with Crippen LogP contribution in [0.25, 0.3) is 5.69 Å². The van der Waals surface area contributed by atoms with Crippen molar-refractivity contribution < 1.29 is 9.18 Å². The van der Waals surface area contributed by atoms with Gasteiger partial charge in [-0.3, -0.25) is 4.57 Å². The van der Waals surface area contributed by atoms with Crippen molar-refractivity contribution in [3.63, 3.8) is 0 Å². The second-order valence-corrected chi connectivity index (χ2v) is 9.21. The molecule has 1 aromatic heterocycles. The van der Waals surface area contributed by atoms with Crippen LogP contribution in [-0.2, 0) is 12.3 Å². The Morgan fingerprint density at radius 2 is 1.88 bits per heavy atom. The fraction of sp³-hybridized carbons (Fsp3) is 0.125. The Hall–Kier alpha value is -3.07. The molecule has 4 rings (SSSR count). The van der Waals surface area contributed by atoms with E-state index in [1.165, 1.54) is 35.5 Å². The Morgan fingerprint density at radius 1 is 1.06 bits per heavy atom. The highest BCUT2D eigenvalue weighted by Crippen LogP contribution is 2.30. The molecule has 0 aliphatic rings. The van der Waals surface area contributed by atoms with Crippen LogP contribution < -0.4 is 10.6 Å². The molecule has 1 heterocycles. The van der Waals surface area contributed by atoms with Gasteiger partial charge in [-0.25, -0.2) is 9.18 Å². The molecule has 4 aromatic rings. The number of carbonyl (C=O) groups excluding carboxylic acids is 1. The van der Waals surface area contributed by atoms with Crippen LogP contribution in [-0.4, -0.2) is 20.8 Å². The Morgan fingerprint density at radius 3 is 2.65 bits per heavy atom. The molecule has 174 valence electrons. The smallest absolute Gasteiger partial charge is 0.319 e. The van der Waals surface area contributed by atoms with Crippen LogP contribution in [0.1, 0.15) is 17.0 Å². The minimum absolute atomic E-state index is 0.0676. The number of carbonyl (C=O) groups is 1. The van der Waals surface area contributed by atoms with Gasteiger partial charge in [0.25, 0.3) is 0 Å². The molecule has 2 amide bonds. The highest BCUT2D eigenvalue weighted by Gasteiger charge is 2.18. The summed E-state index contributed by atoms with van der Waals surface area (Å²) in [7, 11) is 0. The minimum atomic E-state index is -0.503. The van der Waals surface area contributed by atoms with Crippen LogP contribution >= 0.6 is 35.0 Å². The van der Waals surface area contributed by atoms with Gasteiger partial charge in [0.2, 0.25) is 0 Å². The molecule has 0 bridgehead atoms. The summed E-state index contributed by atoms with van der Waals surface area (Å²) in [6.07, 6.45) is 0. The lowest BCUT2D eigenvalue weighted by molar-refractivity contribution is 0.251. The van der Waals surface area contributed by atoms with E-state index in [1.807, 2.05) is 19.1 Å². The zero-order valence-electron chi connectivity index (χ0n) is 18.1. The van der Waals surface area contributed by atoms with Crippen LogP contribution in [0, 0.1) is 12.7 Å². The van der Waals surface area contributed by atoms with Gasteiger partial charge in [0.15, 0.2) is 11.0 Å². The molecule has 0 aliphatic heterocycles. The average Bonchev–Trinajstić information content (AvgIpc) is 3.19. The van der Waals surface area contributed by atoms with Crippen molar-refractivity contribution in [3.8, 4) is 5.69 Å². The van der Waals surface area contributed by atoms with E-state index in [-0.39, 0.29) is 6.54 Å². The first kappa shape index (κ1) is 24.1. The number of benzene rings is 3. The number of aromatic nitrogens is 3. The minimum Gasteiger partial charge on any atom is -0.331 e. The molecule has 0 radical (unpaired) electrons. The summed E-state index contributed by atoms with van der Waals surface area (Å²) < 4.78 is 15.2. The number of rotatable bonds is 7. The first-order valence-electron chi connectivity index (χ1n) is 10.3. The fourth-order valence-corrected chi connectivity index (χ4v) is 4.66. The SMILES string of the molecule is Cc1cccc(CSc2nnc(CNC(=O)Nc3cccc(F)c3)n2-c2ccc(Cl)cc2Cl)c1. The summed E-state index contributed by atoms with van der Waals surface area (Å²) in [6.45, 7) is 2.11. The topological polar surface area (TPSA) is 71.8 Å². The third kappa shape index (κ3) is 6.08. The van der Waals surface area contributed by atoms with Crippen molar-refractivity contribution in [2.75, 3.05) is 5.32 Å². The number of nitrogens with one attached hydrogen (secondary N) is 2. The maximum absolute atomic E-state index is 13.4. The Balaban J connectivity index is 1.55. The molecule has 0 saturated carbocycles. The van der Waals surface area contributed by atoms with Crippen molar-refractivity contribution in [3.05, 3.63) is 99.5 Å². The summed E-state index contributed by atoms with van der Waals surface area (Å²) >= 11 is 14.1. The van der Waals surface area contributed by atoms with E-state index in [1.54, 1.807) is 28.8 Å². The Kier molecular flexibility index (Phi) is 7.72. The number of urea groups is 1. The van der Waals surface area contributed by atoms with Gasteiger partial charge in [0, 0.05) is 16.5 Å². The number of aryl methyl sites for hydroxylation is 1. The monoisotopic (exact) mass is 515 g/mol. The molecule has 0 atom stereocenters. The second-order valence-electron chi connectivity index (χ2n) is 7.43. The maximum atomic E-state index is 13.4. The zero-order valence-corrected chi connectivity index (χ0v) is 20.4. The Labute approximate surface area is 210 Å². The summed E-state index contributed by atoms with van der Waals surface area (Å²) in [5.74, 6) is 0.717. The summed E-state index contributed by atoms with van der Waals surface area (Å²) in [5, 5.41) is 15.5. The maximum Gasteiger partial charge on any atom is 0.319 e. The van der Waals surface area contributed by atoms with E-state index in [0.29, 0.717) is 38.2 Å². The predicted molar refractivity (Wildman–Crippen MR) is 134 cm³/mol. The van der Waals surface area contributed by atoms with Gasteiger partial charge in [-0.05, 0) is 48.9 Å². The third-order valence-corrected chi connectivity index (χ3v) is 6.33. The molecular weight excluding hydrogens is 496 g/mol. The van der Waals surface area contributed by atoms with Gasteiger partial charge in [-0.2, -0.15) is 0 Å². The third-order valence-electron chi connectivity index (χ3n) is 4.79. The standard InChI is InChI=1S/C24H20Cl2FN5OS/c1-15-4-2-5-16(10-15)14-34-24-31-30-22(32(24)21-9-8-17(25)11-20(21)26)13-28-23(33)29-19-7-3-6-18(27)12-19/h2-12H,13-14H2,1H3,(H2,28,29,33). The van der Waals surface area contributed by atoms with E-state index in [0.717, 1.165) is 5.56 Å². The zero-order chi connectivity index (χ0) is 24.1. The molecule has 6 nitrogen and oxygen atoms in total. The molecule has 0 aliphatic carbocycles. The van der Waals surface area contributed by atoms with E-state index >= 15 is 0 Å². The number of nitrogens with zero attached hydrogens (tertiary/aromatic N) is 3. The van der Waals surface area contributed by atoms with Gasteiger partial charge in [-0.1, -0.05) is 70.9 Å². The van der Waals surface area contributed by atoms with Crippen LogP contribution in [0.15, 0.2) is 71.9 Å². The summed E-state index contributed by atoms with van der Waals surface area (Å²) in [5.41, 5.74) is 3.31.